The van der Waals surface area contributed by atoms with E-state index in [2.05, 4.69) is 0 Å². The van der Waals surface area contributed by atoms with Crippen molar-refractivity contribution in [1.82, 2.24) is 4.90 Å². The molecule has 2 aromatic carbocycles. The van der Waals surface area contributed by atoms with Gasteiger partial charge in [0.1, 0.15) is 23.3 Å². The van der Waals surface area contributed by atoms with E-state index < -0.39 is 17.7 Å². The molecule has 4 rings (SSSR count). The SMILES string of the molecule is COc1ccccc1/C(O)=C1/C(=O)C(=O)N(CCc2ccc(Cl)cc2)C1c1ccco1. The maximum Gasteiger partial charge on any atom is 0.295 e. The zero-order valence-corrected chi connectivity index (χ0v) is 17.5. The molecule has 1 aliphatic heterocycles. The smallest absolute Gasteiger partial charge is 0.295 e. The molecular weight excluding hydrogens is 418 g/mol. The highest BCUT2D eigenvalue weighted by Crippen LogP contribution is 2.41. The van der Waals surface area contributed by atoms with E-state index in [9.17, 15) is 14.7 Å². The highest BCUT2D eigenvalue weighted by molar-refractivity contribution is 6.46. The van der Waals surface area contributed by atoms with Gasteiger partial charge >= 0.3 is 0 Å². The lowest BCUT2D eigenvalue weighted by Gasteiger charge is -2.23. The topological polar surface area (TPSA) is 80.0 Å². The molecule has 7 heteroatoms. The number of hydrogen-bond acceptors (Lipinski definition) is 5. The van der Waals surface area contributed by atoms with Crippen LogP contribution >= 0.6 is 11.6 Å². The first-order valence-corrected chi connectivity index (χ1v) is 10.1. The zero-order valence-electron chi connectivity index (χ0n) is 16.7. The Hall–Kier alpha value is -3.51. The third kappa shape index (κ3) is 3.94. The molecule has 31 heavy (non-hydrogen) atoms. The van der Waals surface area contributed by atoms with Crippen LogP contribution in [-0.2, 0) is 16.0 Å². The summed E-state index contributed by atoms with van der Waals surface area (Å²) in [7, 11) is 1.47. The molecule has 1 fully saturated rings. The lowest BCUT2D eigenvalue weighted by molar-refractivity contribution is -0.140. The van der Waals surface area contributed by atoms with E-state index in [1.165, 1.54) is 18.3 Å². The third-order valence-electron chi connectivity index (χ3n) is 5.27. The average molecular weight is 438 g/mol. The predicted octanol–water partition coefficient (Wildman–Crippen LogP) is 4.61. The Labute approximate surface area is 184 Å². The lowest BCUT2D eigenvalue weighted by atomic mass is 9.98. The van der Waals surface area contributed by atoms with Crippen LogP contribution in [0, 0.1) is 0 Å². The maximum absolute atomic E-state index is 13.0. The van der Waals surface area contributed by atoms with E-state index in [1.54, 1.807) is 48.5 Å². The van der Waals surface area contributed by atoms with Gasteiger partial charge in [-0.25, -0.2) is 0 Å². The molecule has 1 atom stereocenters. The summed E-state index contributed by atoms with van der Waals surface area (Å²) in [5.41, 5.74) is 1.27. The molecule has 1 amide bonds. The Morgan fingerprint density at radius 3 is 2.52 bits per heavy atom. The number of halogens is 1. The van der Waals surface area contributed by atoms with Crippen molar-refractivity contribution in [3.05, 3.63) is 94.4 Å². The van der Waals surface area contributed by atoms with E-state index in [1.807, 2.05) is 12.1 Å². The number of amides is 1. The number of methoxy groups -OCH3 is 1. The Kier molecular flexibility index (Phi) is 5.82. The molecule has 1 N–H and O–H groups in total. The number of carbonyl (C=O) groups is 2. The van der Waals surface area contributed by atoms with Gasteiger partial charge in [-0.05, 0) is 48.4 Å². The number of ketones is 1. The van der Waals surface area contributed by atoms with Crippen LogP contribution in [0.4, 0.5) is 0 Å². The van der Waals surface area contributed by atoms with Crippen molar-refractivity contribution in [2.24, 2.45) is 0 Å². The third-order valence-corrected chi connectivity index (χ3v) is 5.52. The monoisotopic (exact) mass is 437 g/mol. The zero-order chi connectivity index (χ0) is 22.0. The number of Topliss-reactive ketones (excluding diaryl/α,β-unsaturated/α-hetero) is 1. The minimum atomic E-state index is -0.841. The summed E-state index contributed by atoms with van der Waals surface area (Å²) in [6.45, 7) is 0.264. The second-order valence-electron chi connectivity index (χ2n) is 7.08. The number of para-hydroxylation sites is 1. The van der Waals surface area contributed by atoms with Gasteiger partial charge in [-0.15, -0.1) is 0 Å². The molecule has 3 aromatic rings. The molecule has 0 saturated carbocycles. The second-order valence-corrected chi connectivity index (χ2v) is 7.52. The van der Waals surface area contributed by atoms with Crippen LogP contribution in [0.2, 0.25) is 5.02 Å². The highest BCUT2D eigenvalue weighted by atomic mass is 35.5. The van der Waals surface area contributed by atoms with Crippen molar-refractivity contribution in [3.8, 4) is 5.75 Å². The van der Waals surface area contributed by atoms with E-state index in [-0.39, 0.29) is 17.9 Å². The molecule has 0 spiro atoms. The summed E-state index contributed by atoms with van der Waals surface area (Å²) in [6.07, 6.45) is 1.98. The Bertz CT molecular complexity index is 1140. The van der Waals surface area contributed by atoms with E-state index in [0.717, 1.165) is 5.56 Å². The van der Waals surface area contributed by atoms with Gasteiger partial charge in [0.05, 0.1) is 24.5 Å². The number of rotatable bonds is 6. The van der Waals surface area contributed by atoms with Crippen molar-refractivity contribution >= 4 is 29.1 Å². The first kappa shape index (κ1) is 20.8. The Morgan fingerprint density at radius 2 is 1.84 bits per heavy atom. The summed E-state index contributed by atoms with van der Waals surface area (Å²) in [4.78, 5) is 27.3. The predicted molar refractivity (Wildman–Crippen MR) is 116 cm³/mol. The van der Waals surface area contributed by atoms with Crippen LogP contribution < -0.4 is 4.74 Å². The largest absolute Gasteiger partial charge is 0.507 e. The minimum Gasteiger partial charge on any atom is -0.507 e. The number of aliphatic hydroxyl groups excluding tert-OH is 1. The number of benzene rings is 2. The summed E-state index contributed by atoms with van der Waals surface area (Å²) < 4.78 is 10.9. The molecule has 158 valence electrons. The fraction of sp³-hybridized carbons (Fsp3) is 0.167. The van der Waals surface area contributed by atoms with Crippen molar-refractivity contribution in [1.29, 1.82) is 0 Å². The van der Waals surface area contributed by atoms with Gasteiger partial charge < -0.3 is 19.2 Å². The molecule has 0 radical (unpaired) electrons. The molecule has 1 unspecified atom stereocenters. The van der Waals surface area contributed by atoms with Gasteiger partial charge in [-0.3, -0.25) is 9.59 Å². The first-order chi connectivity index (χ1) is 15.0. The molecule has 1 saturated heterocycles. The van der Waals surface area contributed by atoms with Gasteiger partial charge in [0.2, 0.25) is 0 Å². The molecule has 1 aliphatic rings. The fourth-order valence-corrected chi connectivity index (χ4v) is 3.87. The molecular formula is C24H20ClNO5. The Morgan fingerprint density at radius 1 is 1.10 bits per heavy atom. The van der Waals surface area contributed by atoms with Crippen LogP contribution in [-0.4, -0.2) is 35.4 Å². The Balaban J connectivity index is 1.75. The first-order valence-electron chi connectivity index (χ1n) is 9.71. The summed E-state index contributed by atoms with van der Waals surface area (Å²) in [6, 6.07) is 16.6. The van der Waals surface area contributed by atoms with Gasteiger partial charge in [0.25, 0.3) is 11.7 Å². The van der Waals surface area contributed by atoms with Crippen molar-refractivity contribution < 1.29 is 23.8 Å². The van der Waals surface area contributed by atoms with Gasteiger partial charge in [0, 0.05) is 11.6 Å². The van der Waals surface area contributed by atoms with E-state index >= 15 is 0 Å². The van der Waals surface area contributed by atoms with Crippen LogP contribution in [0.3, 0.4) is 0 Å². The van der Waals surface area contributed by atoms with Crippen molar-refractivity contribution in [2.45, 2.75) is 12.5 Å². The number of hydrogen-bond donors (Lipinski definition) is 1. The van der Waals surface area contributed by atoms with Crippen LogP contribution in [0.1, 0.15) is 22.9 Å². The molecule has 6 nitrogen and oxygen atoms in total. The van der Waals surface area contributed by atoms with E-state index in [0.29, 0.717) is 28.5 Å². The molecule has 2 heterocycles. The maximum atomic E-state index is 13.0. The number of aliphatic hydroxyl groups is 1. The van der Waals surface area contributed by atoms with E-state index in [4.69, 9.17) is 20.8 Å². The van der Waals surface area contributed by atoms with Crippen molar-refractivity contribution in [3.63, 3.8) is 0 Å². The van der Waals surface area contributed by atoms with Gasteiger partial charge in [-0.2, -0.15) is 0 Å². The normalized spacial score (nSPS) is 17.9. The average Bonchev–Trinajstić information content (AvgIpc) is 3.40. The number of carbonyl (C=O) groups excluding carboxylic acids is 2. The minimum absolute atomic E-state index is 0.0273. The molecule has 0 bridgehead atoms. The van der Waals surface area contributed by atoms with Gasteiger partial charge in [-0.1, -0.05) is 35.9 Å². The summed E-state index contributed by atoms with van der Waals surface area (Å²) in [5, 5.41) is 11.7. The standard InChI is InChI=1S/C24H20ClNO5/c1-30-18-6-3-2-5-17(18)22(27)20-21(19-7-4-14-31-19)26(24(29)23(20)28)13-12-15-8-10-16(25)11-9-15/h2-11,14,21,27H,12-13H2,1H3/b22-20-. The van der Waals surface area contributed by atoms with Crippen LogP contribution in [0.15, 0.2) is 76.9 Å². The number of ether oxygens (including phenoxy) is 1. The highest BCUT2D eigenvalue weighted by Gasteiger charge is 2.47. The summed E-state index contributed by atoms with van der Waals surface area (Å²) >= 11 is 5.94. The number of furan rings is 1. The quantitative estimate of drug-likeness (QED) is 0.346. The van der Waals surface area contributed by atoms with Crippen molar-refractivity contribution in [2.75, 3.05) is 13.7 Å². The second kappa shape index (κ2) is 8.70. The molecule has 0 aliphatic carbocycles. The fourth-order valence-electron chi connectivity index (χ4n) is 3.74. The molecule has 1 aromatic heterocycles. The number of nitrogens with zero attached hydrogens (tertiary/aromatic N) is 1. The lowest BCUT2D eigenvalue weighted by Crippen LogP contribution is -2.31. The van der Waals surface area contributed by atoms with Gasteiger partial charge in [0.15, 0.2) is 0 Å². The van der Waals surface area contributed by atoms with Crippen LogP contribution in [0.5, 0.6) is 5.75 Å². The summed E-state index contributed by atoms with van der Waals surface area (Å²) in [5.74, 6) is -0.962. The van der Waals surface area contributed by atoms with Crippen LogP contribution in [0.25, 0.3) is 5.76 Å². The number of likely N-dealkylation sites (tertiary alicyclic amines) is 1.